The van der Waals surface area contributed by atoms with Crippen molar-refractivity contribution in [1.82, 2.24) is 15.1 Å². The fourth-order valence-corrected chi connectivity index (χ4v) is 2.17. The van der Waals surface area contributed by atoms with Gasteiger partial charge in [-0.25, -0.2) is 0 Å². The average molecular weight is 337 g/mol. The van der Waals surface area contributed by atoms with Gasteiger partial charge in [-0.3, -0.25) is 9.89 Å². The molecule has 106 valence electrons. The lowest BCUT2D eigenvalue weighted by Gasteiger charge is -2.10. The topological polar surface area (TPSA) is 61.0 Å². The second-order valence-electron chi connectivity index (χ2n) is 4.90. The third-order valence-corrected chi connectivity index (χ3v) is 3.77. The number of halogens is 1. The van der Waals surface area contributed by atoms with E-state index in [1.165, 1.54) is 5.56 Å². The van der Waals surface area contributed by atoms with Gasteiger partial charge in [-0.1, -0.05) is 12.1 Å². The summed E-state index contributed by atoms with van der Waals surface area (Å²) < 4.78 is 0.694. The van der Waals surface area contributed by atoms with E-state index >= 15 is 0 Å². The molecule has 1 amide bonds. The van der Waals surface area contributed by atoms with Crippen molar-refractivity contribution in [3.63, 3.8) is 0 Å². The van der Waals surface area contributed by atoms with Gasteiger partial charge in [0.05, 0.1) is 4.47 Å². The first-order chi connectivity index (χ1) is 9.47. The highest BCUT2D eigenvalue weighted by Gasteiger charge is 2.15. The number of aryl methyl sites for hydroxylation is 1. The number of hydrogen-bond acceptors (Lipinski definition) is 3. The molecular weight excluding hydrogens is 320 g/mol. The van der Waals surface area contributed by atoms with Crippen LogP contribution in [-0.2, 0) is 6.54 Å². The number of H-pyrrole nitrogens is 1. The molecule has 0 atom stereocenters. The number of benzene rings is 1. The molecule has 2 aromatic rings. The van der Waals surface area contributed by atoms with E-state index in [0.717, 1.165) is 17.9 Å². The quantitative estimate of drug-likeness (QED) is 0.902. The molecule has 0 saturated carbocycles. The number of rotatable bonds is 4. The van der Waals surface area contributed by atoms with E-state index < -0.39 is 0 Å². The summed E-state index contributed by atoms with van der Waals surface area (Å²) in [7, 11) is 4.04. The van der Waals surface area contributed by atoms with Gasteiger partial charge in [0.25, 0.3) is 5.91 Å². The predicted molar refractivity (Wildman–Crippen MR) is 82.8 cm³/mol. The lowest BCUT2D eigenvalue weighted by atomic mass is 10.2. The van der Waals surface area contributed by atoms with E-state index in [4.69, 9.17) is 0 Å². The Morgan fingerprint density at radius 1 is 1.35 bits per heavy atom. The molecule has 0 fully saturated rings. The smallest absolute Gasteiger partial charge is 0.277 e. The second-order valence-corrected chi connectivity index (χ2v) is 5.69. The number of nitrogens with zero attached hydrogens (tertiary/aromatic N) is 2. The van der Waals surface area contributed by atoms with E-state index in [0.29, 0.717) is 10.2 Å². The zero-order valence-electron chi connectivity index (χ0n) is 11.7. The molecule has 0 aliphatic heterocycles. The predicted octanol–water partition coefficient (Wildman–Crippen LogP) is 2.79. The van der Waals surface area contributed by atoms with Crippen LogP contribution in [0.25, 0.3) is 0 Å². The van der Waals surface area contributed by atoms with Crippen LogP contribution in [0.1, 0.15) is 21.7 Å². The molecule has 0 aliphatic carbocycles. The summed E-state index contributed by atoms with van der Waals surface area (Å²) in [5.74, 6) is -0.235. The van der Waals surface area contributed by atoms with Crippen LogP contribution in [0.15, 0.2) is 28.7 Å². The van der Waals surface area contributed by atoms with Crippen LogP contribution in [0, 0.1) is 6.92 Å². The molecule has 0 spiro atoms. The highest BCUT2D eigenvalue weighted by atomic mass is 79.9. The largest absolute Gasteiger partial charge is 0.321 e. The third kappa shape index (κ3) is 3.46. The van der Waals surface area contributed by atoms with Crippen LogP contribution in [0.5, 0.6) is 0 Å². The summed E-state index contributed by atoms with van der Waals surface area (Å²) in [5.41, 5.74) is 3.14. The van der Waals surface area contributed by atoms with Crippen molar-refractivity contribution in [3.8, 4) is 0 Å². The summed E-state index contributed by atoms with van der Waals surface area (Å²) in [6.07, 6.45) is 0. The molecule has 0 aliphatic rings. The highest BCUT2D eigenvalue weighted by molar-refractivity contribution is 9.10. The number of nitrogens with one attached hydrogen (secondary N) is 2. The number of anilines is 1. The first-order valence-electron chi connectivity index (χ1n) is 6.23. The van der Waals surface area contributed by atoms with E-state index in [2.05, 4.69) is 36.3 Å². The first-order valence-corrected chi connectivity index (χ1v) is 7.02. The van der Waals surface area contributed by atoms with E-state index in [-0.39, 0.29) is 5.91 Å². The van der Waals surface area contributed by atoms with Crippen LogP contribution in [0.2, 0.25) is 0 Å². The number of amides is 1. The molecule has 1 aromatic carbocycles. The van der Waals surface area contributed by atoms with Gasteiger partial charge in [-0.05, 0) is 54.6 Å². The zero-order valence-corrected chi connectivity index (χ0v) is 13.3. The van der Waals surface area contributed by atoms with Crippen molar-refractivity contribution in [1.29, 1.82) is 0 Å². The van der Waals surface area contributed by atoms with Gasteiger partial charge in [-0.15, -0.1) is 0 Å². The summed E-state index contributed by atoms with van der Waals surface area (Å²) in [6.45, 7) is 2.72. The van der Waals surface area contributed by atoms with Crippen LogP contribution in [0.3, 0.4) is 0 Å². The number of aromatic nitrogens is 2. The lowest BCUT2D eigenvalue weighted by Crippen LogP contribution is -2.13. The third-order valence-electron chi connectivity index (χ3n) is 2.80. The van der Waals surface area contributed by atoms with Crippen LogP contribution < -0.4 is 5.32 Å². The van der Waals surface area contributed by atoms with Crippen molar-refractivity contribution in [3.05, 3.63) is 45.7 Å². The first kappa shape index (κ1) is 14.7. The van der Waals surface area contributed by atoms with Crippen LogP contribution >= 0.6 is 15.9 Å². The Morgan fingerprint density at radius 3 is 2.50 bits per heavy atom. The van der Waals surface area contributed by atoms with Gasteiger partial charge >= 0.3 is 0 Å². The molecule has 20 heavy (non-hydrogen) atoms. The van der Waals surface area contributed by atoms with E-state index in [9.17, 15) is 4.79 Å². The van der Waals surface area contributed by atoms with Crippen LogP contribution in [-0.4, -0.2) is 35.1 Å². The van der Waals surface area contributed by atoms with Gasteiger partial charge in [0.2, 0.25) is 0 Å². The van der Waals surface area contributed by atoms with Crippen molar-refractivity contribution >= 4 is 27.5 Å². The summed E-state index contributed by atoms with van der Waals surface area (Å²) in [4.78, 5) is 14.2. The van der Waals surface area contributed by atoms with Gasteiger partial charge < -0.3 is 10.2 Å². The minimum atomic E-state index is -0.235. The SMILES string of the molecule is Cc1[nH]nc(C(=O)Nc2ccc(CN(C)C)cc2)c1Br. The molecule has 2 N–H and O–H groups in total. The Kier molecular flexibility index (Phi) is 4.57. The molecule has 0 bridgehead atoms. The van der Waals surface area contributed by atoms with Crippen molar-refractivity contribution in [2.75, 3.05) is 19.4 Å². The van der Waals surface area contributed by atoms with Crippen molar-refractivity contribution in [2.45, 2.75) is 13.5 Å². The molecule has 6 heteroatoms. The number of aromatic amines is 1. The van der Waals surface area contributed by atoms with Gasteiger partial charge in [0.15, 0.2) is 5.69 Å². The minimum absolute atomic E-state index is 0.235. The molecule has 2 rings (SSSR count). The molecule has 0 saturated heterocycles. The van der Waals surface area contributed by atoms with E-state index in [1.807, 2.05) is 45.3 Å². The number of hydrogen-bond donors (Lipinski definition) is 2. The van der Waals surface area contributed by atoms with Gasteiger partial charge in [-0.2, -0.15) is 5.10 Å². The Balaban J connectivity index is 2.06. The Labute approximate surface area is 126 Å². The number of carbonyl (C=O) groups excluding carboxylic acids is 1. The Hall–Kier alpha value is -1.66. The number of carbonyl (C=O) groups is 1. The van der Waals surface area contributed by atoms with Gasteiger partial charge in [0, 0.05) is 17.9 Å². The maximum absolute atomic E-state index is 12.1. The molecule has 0 radical (unpaired) electrons. The second kappa shape index (κ2) is 6.19. The molecule has 0 unspecified atom stereocenters. The fraction of sp³-hybridized carbons (Fsp3) is 0.286. The van der Waals surface area contributed by atoms with E-state index in [1.54, 1.807) is 0 Å². The maximum Gasteiger partial charge on any atom is 0.277 e. The monoisotopic (exact) mass is 336 g/mol. The maximum atomic E-state index is 12.1. The van der Waals surface area contributed by atoms with Crippen LogP contribution in [0.4, 0.5) is 5.69 Å². The molecular formula is C14H17BrN4O. The van der Waals surface area contributed by atoms with Gasteiger partial charge in [0.1, 0.15) is 0 Å². The highest BCUT2D eigenvalue weighted by Crippen LogP contribution is 2.19. The summed E-state index contributed by atoms with van der Waals surface area (Å²) in [6, 6.07) is 7.79. The minimum Gasteiger partial charge on any atom is -0.321 e. The summed E-state index contributed by atoms with van der Waals surface area (Å²) >= 11 is 3.34. The molecule has 1 heterocycles. The molecule has 1 aromatic heterocycles. The fourth-order valence-electron chi connectivity index (χ4n) is 1.81. The standard InChI is InChI=1S/C14H17BrN4O/c1-9-12(15)13(18-17-9)14(20)16-11-6-4-10(5-7-11)8-19(2)3/h4-7H,8H2,1-3H3,(H,16,20)(H,17,18). The van der Waals surface area contributed by atoms with Crippen molar-refractivity contribution in [2.24, 2.45) is 0 Å². The zero-order chi connectivity index (χ0) is 14.7. The molecule has 5 nitrogen and oxygen atoms in total. The average Bonchev–Trinajstić information content (AvgIpc) is 2.72. The normalized spacial score (nSPS) is 10.8. The van der Waals surface area contributed by atoms with Crippen molar-refractivity contribution < 1.29 is 4.79 Å². The Morgan fingerprint density at radius 2 is 2.00 bits per heavy atom. The summed E-state index contributed by atoms with van der Waals surface area (Å²) in [5, 5.41) is 9.58. The Bertz CT molecular complexity index is 604. The lowest BCUT2D eigenvalue weighted by molar-refractivity contribution is 0.102.